The van der Waals surface area contributed by atoms with Gasteiger partial charge >= 0.3 is 131 Å². The molecular formula is C18H36OSn. The van der Waals surface area contributed by atoms with Gasteiger partial charge in [-0.3, -0.25) is 0 Å². The van der Waals surface area contributed by atoms with Crippen molar-refractivity contribution in [2.75, 3.05) is 0 Å². The molecule has 0 heterocycles. The molecule has 20 heavy (non-hydrogen) atoms. The average molecular weight is 387 g/mol. The van der Waals surface area contributed by atoms with Crippen molar-refractivity contribution in [3.8, 4) is 0 Å². The van der Waals surface area contributed by atoms with Crippen LogP contribution in [0.3, 0.4) is 0 Å². The van der Waals surface area contributed by atoms with Gasteiger partial charge in [-0.25, -0.2) is 0 Å². The fourth-order valence-electron chi connectivity index (χ4n) is 2.82. The van der Waals surface area contributed by atoms with Gasteiger partial charge in [0.05, 0.1) is 0 Å². The van der Waals surface area contributed by atoms with Gasteiger partial charge in [0, 0.05) is 0 Å². The zero-order valence-electron chi connectivity index (χ0n) is 14.3. The van der Waals surface area contributed by atoms with E-state index in [0.29, 0.717) is 3.80 Å². The summed E-state index contributed by atoms with van der Waals surface area (Å²) in [4.78, 5) is 12.9. The van der Waals surface area contributed by atoms with Gasteiger partial charge in [0.1, 0.15) is 0 Å². The molecule has 0 saturated carbocycles. The molecule has 0 aromatic rings. The summed E-state index contributed by atoms with van der Waals surface area (Å²) in [5.41, 5.74) is 0. The molecule has 0 aromatic heterocycles. The Morgan fingerprint density at radius 1 is 0.800 bits per heavy atom. The third-order valence-corrected chi connectivity index (χ3v) is 19.0. The second-order valence-electron chi connectivity index (χ2n) is 6.15. The van der Waals surface area contributed by atoms with E-state index in [-0.39, 0.29) is 0 Å². The van der Waals surface area contributed by atoms with Crippen LogP contribution in [0, 0.1) is 0 Å². The Kier molecular flexibility index (Phi) is 13.0. The Hall–Kier alpha value is 0.209. The van der Waals surface area contributed by atoms with Gasteiger partial charge < -0.3 is 0 Å². The molecule has 0 rings (SSSR count). The molecule has 0 saturated heterocycles. The minimum atomic E-state index is -2.59. The van der Waals surface area contributed by atoms with Gasteiger partial charge in [-0.15, -0.1) is 0 Å². The topological polar surface area (TPSA) is 17.1 Å². The molecule has 0 amide bonds. The summed E-state index contributed by atoms with van der Waals surface area (Å²) in [5.74, 6) is 0. The molecule has 0 aliphatic rings. The van der Waals surface area contributed by atoms with E-state index in [2.05, 4.69) is 33.8 Å². The summed E-state index contributed by atoms with van der Waals surface area (Å²) in [6.07, 6.45) is 13.9. The Morgan fingerprint density at radius 3 is 1.60 bits per heavy atom. The Labute approximate surface area is 131 Å². The van der Waals surface area contributed by atoms with Crippen LogP contribution in [0.5, 0.6) is 0 Å². The summed E-state index contributed by atoms with van der Waals surface area (Å²) >= 11 is -2.59. The molecule has 0 bridgehead atoms. The number of unbranched alkanes of at least 4 members (excludes halogenated alkanes) is 4. The van der Waals surface area contributed by atoms with Crippen molar-refractivity contribution in [3.63, 3.8) is 0 Å². The standard InChI is InChI=1S/C6H9O.3C4H9.Sn/c1-2-3-4-5-6-7;3*1-3-4-2;/h4-5H,2-3H2,1H3;3*1,3-4H2,2H3;. The van der Waals surface area contributed by atoms with Gasteiger partial charge in [0.2, 0.25) is 0 Å². The molecule has 0 fully saturated rings. The molecule has 0 radical (unpaired) electrons. The fraction of sp³-hybridized carbons (Fsp3) is 0.833. The second kappa shape index (κ2) is 12.9. The molecule has 0 unspecified atom stereocenters. The van der Waals surface area contributed by atoms with E-state index in [1.165, 1.54) is 51.8 Å². The van der Waals surface area contributed by atoms with Gasteiger partial charge in [0.15, 0.2) is 0 Å². The van der Waals surface area contributed by atoms with E-state index < -0.39 is 18.4 Å². The van der Waals surface area contributed by atoms with E-state index in [1.54, 1.807) is 0 Å². The predicted molar refractivity (Wildman–Crippen MR) is 94.0 cm³/mol. The van der Waals surface area contributed by atoms with Crippen molar-refractivity contribution in [1.29, 1.82) is 0 Å². The Morgan fingerprint density at radius 2 is 1.25 bits per heavy atom. The molecule has 0 aliphatic carbocycles. The zero-order chi connectivity index (χ0) is 15.3. The van der Waals surface area contributed by atoms with Crippen LogP contribution in [0.1, 0.15) is 79.1 Å². The van der Waals surface area contributed by atoms with Crippen LogP contribution < -0.4 is 0 Å². The van der Waals surface area contributed by atoms with Gasteiger partial charge in [0.25, 0.3) is 0 Å². The number of hydrogen-bond acceptors (Lipinski definition) is 1. The molecule has 2 heteroatoms. The minimum absolute atomic E-state index is 0.614. The van der Waals surface area contributed by atoms with Gasteiger partial charge in [-0.05, 0) is 0 Å². The van der Waals surface area contributed by atoms with Crippen molar-refractivity contribution in [2.24, 2.45) is 0 Å². The van der Waals surface area contributed by atoms with Crippen LogP contribution in [-0.4, -0.2) is 22.2 Å². The maximum absolute atomic E-state index is 12.9. The van der Waals surface area contributed by atoms with Gasteiger partial charge in [-0.1, -0.05) is 0 Å². The number of allylic oxidation sites excluding steroid dienone is 2. The van der Waals surface area contributed by atoms with Crippen molar-refractivity contribution >= 4 is 22.2 Å². The molecule has 0 N–H and O–H groups in total. The van der Waals surface area contributed by atoms with Gasteiger partial charge in [-0.2, -0.15) is 0 Å². The first-order valence-electron chi connectivity index (χ1n) is 8.87. The first-order chi connectivity index (χ1) is 9.66. The third kappa shape index (κ3) is 7.85. The summed E-state index contributed by atoms with van der Waals surface area (Å²) in [6, 6.07) is 0. The second-order valence-corrected chi connectivity index (χ2v) is 19.1. The van der Waals surface area contributed by atoms with Crippen LogP contribution in [0.4, 0.5) is 0 Å². The quantitative estimate of drug-likeness (QED) is 0.268. The summed E-state index contributed by atoms with van der Waals surface area (Å²) in [6.45, 7) is 8.95. The first kappa shape index (κ1) is 20.2. The van der Waals surface area contributed by atoms with Crippen LogP contribution in [0.2, 0.25) is 13.3 Å². The molecule has 0 atom stereocenters. The zero-order valence-corrected chi connectivity index (χ0v) is 17.2. The van der Waals surface area contributed by atoms with Crippen molar-refractivity contribution in [2.45, 2.75) is 92.4 Å². The summed E-state index contributed by atoms with van der Waals surface area (Å²) in [7, 11) is 0. The van der Waals surface area contributed by atoms with E-state index in [4.69, 9.17) is 0 Å². The normalized spacial score (nSPS) is 12.2. The summed E-state index contributed by atoms with van der Waals surface area (Å²) in [5, 5.41) is 0. The van der Waals surface area contributed by atoms with Crippen LogP contribution >= 0.6 is 0 Å². The van der Waals surface area contributed by atoms with Crippen LogP contribution in [0.15, 0.2) is 12.2 Å². The fourth-order valence-corrected chi connectivity index (χ4v) is 17.2. The van der Waals surface area contributed by atoms with Crippen LogP contribution in [-0.2, 0) is 4.79 Å². The molecular weight excluding hydrogens is 351 g/mol. The van der Waals surface area contributed by atoms with Crippen molar-refractivity contribution < 1.29 is 4.79 Å². The first-order valence-corrected chi connectivity index (χ1v) is 16.4. The summed E-state index contributed by atoms with van der Waals surface area (Å²) < 4.78 is 4.49. The monoisotopic (exact) mass is 388 g/mol. The number of rotatable bonds is 13. The van der Waals surface area contributed by atoms with Crippen molar-refractivity contribution in [3.05, 3.63) is 12.2 Å². The Bertz CT molecular complexity index is 249. The van der Waals surface area contributed by atoms with E-state index in [1.807, 2.05) is 6.08 Å². The predicted octanol–water partition coefficient (Wildman–Crippen LogP) is 6.30. The van der Waals surface area contributed by atoms with E-state index in [0.717, 1.165) is 12.8 Å². The van der Waals surface area contributed by atoms with E-state index >= 15 is 0 Å². The molecule has 0 aromatic carbocycles. The number of hydrogen-bond donors (Lipinski definition) is 0. The van der Waals surface area contributed by atoms with Crippen molar-refractivity contribution in [1.82, 2.24) is 0 Å². The average Bonchev–Trinajstić information content (AvgIpc) is 2.47. The van der Waals surface area contributed by atoms with Crippen LogP contribution in [0.25, 0.3) is 0 Å². The maximum atomic E-state index is 12.9. The Balaban J connectivity index is 4.94. The molecule has 0 aliphatic heterocycles. The number of carbonyl (C=O) groups excluding carboxylic acids is 1. The SMILES string of the molecule is CCCC=C[C](=O)[Sn]([CH2]CCC)([CH2]CCC)[CH2]CCC. The molecule has 1 nitrogen and oxygen atoms in total. The van der Waals surface area contributed by atoms with E-state index in [9.17, 15) is 4.79 Å². The molecule has 0 spiro atoms. The number of carbonyl (C=O) groups is 1. The molecule has 118 valence electrons. The third-order valence-electron chi connectivity index (χ3n) is 4.27.